The Morgan fingerprint density at radius 2 is 2.00 bits per heavy atom. The molecule has 4 heteroatoms. The first kappa shape index (κ1) is 13.7. The molecule has 0 aliphatic rings. The van der Waals surface area contributed by atoms with Crippen LogP contribution in [0.15, 0.2) is 18.2 Å². The van der Waals surface area contributed by atoms with Crippen LogP contribution in [0.1, 0.15) is 36.7 Å². The van der Waals surface area contributed by atoms with Gasteiger partial charge in [-0.3, -0.25) is 9.59 Å². The number of carbonyl (C=O) groups is 2. The molecule has 0 unspecified atom stereocenters. The number of carbonyl (C=O) groups excluding carboxylic acids is 2. The number of ether oxygens (including phenoxy) is 1. The zero-order valence-corrected chi connectivity index (χ0v) is 10.9. The lowest BCUT2D eigenvalue weighted by atomic mass is 10.0. The van der Waals surface area contributed by atoms with Gasteiger partial charge in [0.2, 0.25) is 0 Å². The Labute approximate surface area is 106 Å². The summed E-state index contributed by atoms with van der Waals surface area (Å²) in [5, 5.41) is -0.627. The van der Waals surface area contributed by atoms with Crippen LogP contribution in [0.2, 0.25) is 0 Å². The van der Waals surface area contributed by atoms with E-state index in [1.807, 2.05) is 6.07 Å². The molecule has 0 aromatic heterocycles. The predicted octanol–water partition coefficient (Wildman–Crippen LogP) is 3.19. The average molecular weight is 255 g/mol. The molecule has 0 radical (unpaired) electrons. The first-order valence-electron chi connectivity index (χ1n) is 5.41. The van der Waals surface area contributed by atoms with Crippen LogP contribution in [0.5, 0.6) is 5.75 Å². The average Bonchev–Trinajstić information content (AvgIpc) is 2.15. The van der Waals surface area contributed by atoms with Crippen LogP contribution in [0.25, 0.3) is 0 Å². The summed E-state index contributed by atoms with van der Waals surface area (Å²) >= 11 is 5.42. The molecule has 17 heavy (non-hydrogen) atoms. The second kappa shape index (κ2) is 5.82. The molecule has 92 valence electrons. The van der Waals surface area contributed by atoms with Crippen molar-refractivity contribution in [1.29, 1.82) is 0 Å². The summed E-state index contributed by atoms with van der Waals surface area (Å²) < 4.78 is 4.98. The van der Waals surface area contributed by atoms with Crippen molar-refractivity contribution in [3.63, 3.8) is 0 Å². The number of hydrogen-bond acceptors (Lipinski definition) is 3. The molecule has 0 saturated carbocycles. The predicted molar refractivity (Wildman–Crippen MR) is 66.5 cm³/mol. The quantitative estimate of drug-likeness (QED) is 0.471. The molecule has 1 aromatic carbocycles. The van der Waals surface area contributed by atoms with E-state index in [-0.39, 0.29) is 11.3 Å². The van der Waals surface area contributed by atoms with Crippen molar-refractivity contribution in [2.45, 2.75) is 27.2 Å². The lowest BCUT2D eigenvalue weighted by molar-refractivity contribution is -0.131. The molecule has 0 aliphatic carbocycles. The van der Waals surface area contributed by atoms with Crippen molar-refractivity contribution >= 4 is 22.8 Å². The van der Waals surface area contributed by atoms with Gasteiger partial charge in [0.05, 0.1) is 5.56 Å². The Bertz CT molecular complexity index is 438. The molecule has 1 aromatic rings. The van der Waals surface area contributed by atoms with E-state index >= 15 is 0 Å². The van der Waals surface area contributed by atoms with Gasteiger partial charge in [0.25, 0.3) is 5.24 Å². The van der Waals surface area contributed by atoms with E-state index in [0.29, 0.717) is 5.92 Å². The summed E-state index contributed by atoms with van der Waals surface area (Å²) in [6.45, 7) is 5.47. The van der Waals surface area contributed by atoms with Crippen molar-refractivity contribution < 1.29 is 14.3 Å². The zero-order valence-electron chi connectivity index (χ0n) is 10.1. The fraction of sp³-hybridized carbons (Fsp3) is 0.385. The van der Waals surface area contributed by atoms with Crippen LogP contribution in [0.4, 0.5) is 0 Å². The van der Waals surface area contributed by atoms with Gasteiger partial charge in [0, 0.05) is 6.92 Å². The molecular formula is C13H15ClO3. The van der Waals surface area contributed by atoms with Crippen molar-refractivity contribution in [1.82, 2.24) is 0 Å². The number of hydrogen-bond donors (Lipinski definition) is 0. The fourth-order valence-electron chi connectivity index (χ4n) is 1.57. The topological polar surface area (TPSA) is 43.4 Å². The van der Waals surface area contributed by atoms with Crippen LogP contribution in [0, 0.1) is 5.92 Å². The van der Waals surface area contributed by atoms with Gasteiger partial charge in [-0.1, -0.05) is 19.9 Å². The molecule has 0 spiro atoms. The van der Waals surface area contributed by atoms with E-state index in [4.69, 9.17) is 16.3 Å². The monoisotopic (exact) mass is 254 g/mol. The van der Waals surface area contributed by atoms with Crippen molar-refractivity contribution in [2.24, 2.45) is 5.92 Å². The van der Waals surface area contributed by atoms with E-state index in [2.05, 4.69) is 13.8 Å². The van der Waals surface area contributed by atoms with Crippen LogP contribution in [0.3, 0.4) is 0 Å². The normalized spacial score (nSPS) is 10.4. The minimum atomic E-state index is -0.627. The maximum Gasteiger partial charge on any atom is 0.308 e. The summed E-state index contributed by atoms with van der Waals surface area (Å²) in [7, 11) is 0. The first-order valence-corrected chi connectivity index (χ1v) is 5.79. The Hall–Kier alpha value is -1.35. The maximum atomic E-state index is 11.2. The molecule has 3 nitrogen and oxygen atoms in total. The highest BCUT2D eigenvalue weighted by Crippen LogP contribution is 2.24. The smallest absolute Gasteiger partial charge is 0.308 e. The van der Waals surface area contributed by atoms with Crippen LogP contribution >= 0.6 is 11.6 Å². The molecule has 0 heterocycles. The van der Waals surface area contributed by atoms with Gasteiger partial charge in [-0.2, -0.15) is 0 Å². The molecule has 0 atom stereocenters. The van der Waals surface area contributed by atoms with Crippen molar-refractivity contribution in [2.75, 3.05) is 0 Å². The molecule has 1 rings (SSSR count). The number of rotatable bonds is 4. The number of halogens is 1. The highest BCUT2D eigenvalue weighted by Gasteiger charge is 2.13. The fourth-order valence-corrected chi connectivity index (χ4v) is 1.72. The molecule has 0 aliphatic heterocycles. The maximum absolute atomic E-state index is 11.2. The van der Waals surface area contributed by atoms with Gasteiger partial charge >= 0.3 is 5.97 Å². The van der Waals surface area contributed by atoms with Crippen molar-refractivity contribution in [3.8, 4) is 5.75 Å². The second-order valence-corrected chi connectivity index (χ2v) is 4.64. The molecule has 0 bridgehead atoms. The lowest BCUT2D eigenvalue weighted by Gasteiger charge is -2.10. The van der Waals surface area contributed by atoms with Crippen LogP contribution in [-0.2, 0) is 11.2 Å². The SMILES string of the molecule is CC(=O)Oc1cc(CC(C)C)ccc1C(=O)Cl. The summed E-state index contributed by atoms with van der Waals surface area (Å²) in [6.07, 6.45) is 0.852. The van der Waals surface area contributed by atoms with Gasteiger partial charge in [-0.15, -0.1) is 0 Å². The van der Waals surface area contributed by atoms with Gasteiger partial charge in [0.1, 0.15) is 5.75 Å². The summed E-state index contributed by atoms with van der Waals surface area (Å²) in [4.78, 5) is 22.1. The third-order valence-electron chi connectivity index (χ3n) is 2.16. The third-order valence-corrected chi connectivity index (χ3v) is 2.36. The van der Waals surface area contributed by atoms with E-state index in [1.54, 1.807) is 12.1 Å². The molecule has 0 amide bonds. The Balaban J connectivity index is 3.09. The van der Waals surface area contributed by atoms with Crippen LogP contribution in [-0.4, -0.2) is 11.2 Å². The number of benzene rings is 1. The van der Waals surface area contributed by atoms with Crippen molar-refractivity contribution in [3.05, 3.63) is 29.3 Å². The van der Waals surface area contributed by atoms with Gasteiger partial charge < -0.3 is 4.74 Å². The molecule has 0 fully saturated rings. The van der Waals surface area contributed by atoms with Crippen LogP contribution < -0.4 is 4.74 Å². The summed E-state index contributed by atoms with van der Waals surface area (Å²) in [6, 6.07) is 5.10. The summed E-state index contributed by atoms with van der Waals surface area (Å²) in [5.74, 6) is 0.249. The van der Waals surface area contributed by atoms with E-state index < -0.39 is 11.2 Å². The Kier molecular flexibility index (Phi) is 4.70. The second-order valence-electron chi connectivity index (χ2n) is 4.30. The van der Waals surface area contributed by atoms with E-state index in [1.165, 1.54) is 6.92 Å². The minimum absolute atomic E-state index is 0.217. The highest BCUT2D eigenvalue weighted by atomic mass is 35.5. The van der Waals surface area contributed by atoms with Gasteiger partial charge in [0.15, 0.2) is 0 Å². The standard InChI is InChI=1S/C13H15ClO3/c1-8(2)6-10-4-5-11(13(14)16)12(7-10)17-9(3)15/h4-5,7-8H,6H2,1-3H3. The van der Waals surface area contributed by atoms with E-state index in [0.717, 1.165) is 12.0 Å². The third kappa shape index (κ3) is 4.19. The minimum Gasteiger partial charge on any atom is -0.426 e. The Morgan fingerprint density at radius 1 is 1.35 bits per heavy atom. The molecular weight excluding hydrogens is 240 g/mol. The highest BCUT2D eigenvalue weighted by molar-refractivity contribution is 6.68. The van der Waals surface area contributed by atoms with Gasteiger partial charge in [-0.05, 0) is 41.6 Å². The summed E-state index contributed by atoms with van der Waals surface area (Å²) in [5.41, 5.74) is 1.23. The molecule has 0 N–H and O–H groups in total. The van der Waals surface area contributed by atoms with E-state index in [9.17, 15) is 9.59 Å². The zero-order chi connectivity index (χ0) is 13.0. The number of esters is 1. The molecule has 0 saturated heterocycles. The van der Waals surface area contributed by atoms with Gasteiger partial charge in [-0.25, -0.2) is 0 Å². The Morgan fingerprint density at radius 3 is 2.47 bits per heavy atom. The first-order chi connectivity index (χ1) is 7.90. The lowest BCUT2D eigenvalue weighted by Crippen LogP contribution is -2.06. The largest absolute Gasteiger partial charge is 0.426 e.